The number of halogens is 1. The molecule has 0 fully saturated rings. The van der Waals surface area contributed by atoms with Gasteiger partial charge in [-0.3, -0.25) is 0 Å². The van der Waals surface area contributed by atoms with E-state index in [1.165, 1.54) is 0 Å². The summed E-state index contributed by atoms with van der Waals surface area (Å²) in [5, 5.41) is 18.6. The Morgan fingerprint density at radius 1 is 1.53 bits per heavy atom. The molecule has 4 nitrogen and oxygen atoms in total. The molecule has 0 aliphatic rings. The molecule has 5 heteroatoms. The molecular formula is C12H15FO4. The molecule has 0 amide bonds. The van der Waals surface area contributed by atoms with E-state index in [2.05, 4.69) is 0 Å². The Bertz CT molecular complexity index is 415. The first-order valence-electron chi connectivity index (χ1n) is 5.24. The average molecular weight is 242 g/mol. The second-order valence-corrected chi connectivity index (χ2v) is 4.08. The minimum absolute atomic E-state index is 0.0776. The molecule has 0 radical (unpaired) electrons. The van der Waals surface area contributed by atoms with Gasteiger partial charge in [-0.05, 0) is 25.5 Å². The summed E-state index contributed by atoms with van der Waals surface area (Å²) >= 11 is 0. The zero-order valence-corrected chi connectivity index (χ0v) is 9.74. The topological polar surface area (TPSA) is 66.8 Å². The van der Waals surface area contributed by atoms with Gasteiger partial charge in [0.1, 0.15) is 23.7 Å². The number of benzene rings is 1. The third-order valence-corrected chi connectivity index (χ3v) is 2.47. The van der Waals surface area contributed by atoms with E-state index in [1.54, 1.807) is 13.8 Å². The smallest absolute Gasteiger partial charge is 0.339 e. The van der Waals surface area contributed by atoms with Crippen LogP contribution < -0.4 is 4.74 Å². The SMILES string of the molecule is CCC(C)(O)COc1cc(F)ccc1C(=O)O. The summed E-state index contributed by atoms with van der Waals surface area (Å²) in [6.07, 6.45) is 0.449. The Morgan fingerprint density at radius 2 is 2.18 bits per heavy atom. The van der Waals surface area contributed by atoms with Gasteiger partial charge in [0.2, 0.25) is 0 Å². The minimum atomic E-state index is -1.20. The van der Waals surface area contributed by atoms with Gasteiger partial charge in [-0.25, -0.2) is 9.18 Å². The lowest BCUT2D eigenvalue weighted by molar-refractivity contribution is 0.00779. The van der Waals surface area contributed by atoms with Crippen LogP contribution in [0.25, 0.3) is 0 Å². The number of hydrogen-bond donors (Lipinski definition) is 2. The standard InChI is InChI=1S/C12H15FO4/c1-3-12(2,16)7-17-10-6-8(13)4-5-9(10)11(14)15/h4-6,16H,3,7H2,1-2H3,(H,14,15). The van der Waals surface area contributed by atoms with Crippen molar-refractivity contribution in [2.24, 2.45) is 0 Å². The van der Waals surface area contributed by atoms with Gasteiger partial charge in [-0.2, -0.15) is 0 Å². The summed E-state index contributed by atoms with van der Waals surface area (Å²) in [5.41, 5.74) is -1.19. The fourth-order valence-corrected chi connectivity index (χ4v) is 1.13. The number of hydrogen-bond acceptors (Lipinski definition) is 3. The number of carboxylic acid groups (broad SMARTS) is 1. The van der Waals surface area contributed by atoms with Crippen LogP contribution in [0.5, 0.6) is 5.75 Å². The first kappa shape index (κ1) is 13.4. The third-order valence-electron chi connectivity index (χ3n) is 2.47. The molecule has 0 aliphatic carbocycles. The van der Waals surface area contributed by atoms with Crippen molar-refractivity contribution in [3.8, 4) is 5.75 Å². The molecule has 1 rings (SSSR count). The van der Waals surface area contributed by atoms with E-state index in [-0.39, 0.29) is 17.9 Å². The highest BCUT2D eigenvalue weighted by atomic mass is 19.1. The normalized spacial score (nSPS) is 14.1. The van der Waals surface area contributed by atoms with E-state index in [4.69, 9.17) is 9.84 Å². The second-order valence-electron chi connectivity index (χ2n) is 4.08. The number of aliphatic hydroxyl groups is 1. The molecule has 1 aromatic rings. The van der Waals surface area contributed by atoms with Crippen molar-refractivity contribution >= 4 is 5.97 Å². The molecule has 1 unspecified atom stereocenters. The molecule has 0 heterocycles. The summed E-state index contributed by atoms with van der Waals surface area (Å²) in [6.45, 7) is 3.24. The fourth-order valence-electron chi connectivity index (χ4n) is 1.13. The van der Waals surface area contributed by atoms with Gasteiger partial charge in [0.15, 0.2) is 0 Å². The molecule has 0 saturated carbocycles. The quantitative estimate of drug-likeness (QED) is 0.829. The van der Waals surface area contributed by atoms with Crippen LogP contribution in [0.4, 0.5) is 4.39 Å². The lowest BCUT2D eigenvalue weighted by Crippen LogP contribution is -2.31. The maximum absolute atomic E-state index is 13.0. The van der Waals surface area contributed by atoms with Crippen LogP contribution in [0.3, 0.4) is 0 Å². The first-order chi connectivity index (χ1) is 7.85. The van der Waals surface area contributed by atoms with Crippen LogP contribution in [0.1, 0.15) is 30.6 Å². The van der Waals surface area contributed by atoms with Crippen molar-refractivity contribution in [1.29, 1.82) is 0 Å². The Balaban J connectivity index is 2.89. The monoisotopic (exact) mass is 242 g/mol. The van der Waals surface area contributed by atoms with E-state index < -0.39 is 17.4 Å². The van der Waals surface area contributed by atoms with Crippen LogP contribution in [0.2, 0.25) is 0 Å². The average Bonchev–Trinajstić information content (AvgIpc) is 2.26. The third kappa shape index (κ3) is 3.71. The van der Waals surface area contributed by atoms with Crippen molar-refractivity contribution in [3.63, 3.8) is 0 Å². The van der Waals surface area contributed by atoms with Crippen LogP contribution in [0.15, 0.2) is 18.2 Å². The Morgan fingerprint density at radius 3 is 2.71 bits per heavy atom. The van der Waals surface area contributed by atoms with Gasteiger partial charge >= 0.3 is 5.97 Å². The number of rotatable bonds is 5. The molecule has 0 bridgehead atoms. The first-order valence-corrected chi connectivity index (χ1v) is 5.24. The summed E-state index contributed by atoms with van der Waals surface area (Å²) in [4.78, 5) is 10.9. The van der Waals surface area contributed by atoms with Gasteiger partial charge in [-0.1, -0.05) is 6.92 Å². The maximum Gasteiger partial charge on any atom is 0.339 e. The van der Waals surface area contributed by atoms with E-state index in [1.807, 2.05) is 0 Å². The molecule has 17 heavy (non-hydrogen) atoms. The predicted octanol–water partition coefficient (Wildman–Crippen LogP) is 2.06. The Kier molecular flexibility index (Phi) is 4.07. The second kappa shape index (κ2) is 5.14. The van der Waals surface area contributed by atoms with Crippen molar-refractivity contribution in [2.45, 2.75) is 25.9 Å². The van der Waals surface area contributed by atoms with E-state index in [0.29, 0.717) is 6.42 Å². The lowest BCUT2D eigenvalue weighted by Gasteiger charge is -2.22. The van der Waals surface area contributed by atoms with Crippen molar-refractivity contribution in [1.82, 2.24) is 0 Å². The minimum Gasteiger partial charge on any atom is -0.490 e. The number of carbonyl (C=O) groups is 1. The van der Waals surface area contributed by atoms with E-state index in [9.17, 15) is 14.3 Å². The van der Waals surface area contributed by atoms with Crippen molar-refractivity contribution in [2.75, 3.05) is 6.61 Å². The molecule has 0 aromatic heterocycles. The highest BCUT2D eigenvalue weighted by molar-refractivity contribution is 5.90. The fraction of sp³-hybridized carbons (Fsp3) is 0.417. The van der Waals surface area contributed by atoms with Crippen LogP contribution >= 0.6 is 0 Å². The molecular weight excluding hydrogens is 227 g/mol. The zero-order chi connectivity index (χ0) is 13.1. The van der Waals surface area contributed by atoms with Gasteiger partial charge in [-0.15, -0.1) is 0 Å². The highest BCUT2D eigenvalue weighted by Gasteiger charge is 2.20. The zero-order valence-electron chi connectivity index (χ0n) is 9.74. The molecule has 0 saturated heterocycles. The van der Waals surface area contributed by atoms with Crippen molar-refractivity contribution in [3.05, 3.63) is 29.6 Å². The number of aromatic carboxylic acids is 1. The van der Waals surface area contributed by atoms with E-state index >= 15 is 0 Å². The molecule has 94 valence electrons. The number of carboxylic acids is 1. The van der Waals surface area contributed by atoms with Gasteiger partial charge in [0.25, 0.3) is 0 Å². The van der Waals surface area contributed by atoms with Crippen LogP contribution in [0, 0.1) is 5.82 Å². The van der Waals surface area contributed by atoms with E-state index in [0.717, 1.165) is 18.2 Å². The van der Waals surface area contributed by atoms with Gasteiger partial charge in [0.05, 0.1) is 5.60 Å². The molecule has 1 aromatic carbocycles. The van der Waals surface area contributed by atoms with Crippen LogP contribution in [-0.4, -0.2) is 28.4 Å². The van der Waals surface area contributed by atoms with Crippen LogP contribution in [-0.2, 0) is 0 Å². The predicted molar refractivity (Wildman–Crippen MR) is 59.8 cm³/mol. The van der Waals surface area contributed by atoms with Gasteiger partial charge < -0.3 is 14.9 Å². The van der Waals surface area contributed by atoms with Gasteiger partial charge in [0, 0.05) is 6.07 Å². The summed E-state index contributed by atoms with van der Waals surface area (Å²) in [6, 6.07) is 3.18. The summed E-state index contributed by atoms with van der Waals surface area (Å²) in [5.74, 6) is -1.86. The Labute approximate surface area is 98.7 Å². The molecule has 1 atom stereocenters. The molecule has 0 aliphatic heterocycles. The molecule has 2 N–H and O–H groups in total. The maximum atomic E-state index is 13.0. The van der Waals surface area contributed by atoms with Crippen molar-refractivity contribution < 1.29 is 24.1 Å². The summed E-state index contributed by atoms with van der Waals surface area (Å²) in [7, 11) is 0. The lowest BCUT2D eigenvalue weighted by atomic mass is 10.1. The largest absolute Gasteiger partial charge is 0.490 e. The molecule has 0 spiro atoms. The Hall–Kier alpha value is -1.62. The number of ether oxygens (including phenoxy) is 1. The summed E-state index contributed by atoms with van der Waals surface area (Å²) < 4.78 is 18.1. The highest BCUT2D eigenvalue weighted by Crippen LogP contribution is 2.22.